The van der Waals surface area contributed by atoms with Gasteiger partial charge in [0.05, 0.1) is 26.7 Å². The summed E-state index contributed by atoms with van der Waals surface area (Å²) in [6, 6.07) is 17.3. The van der Waals surface area contributed by atoms with Crippen LogP contribution in [0, 0.1) is 38.9 Å². The molecule has 36 heavy (non-hydrogen) atoms. The van der Waals surface area contributed by atoms with Crippen LogP contribution >= 0.6 is 22.6 Å². The number of nitrogens with zero attached hydrogens (tertiary/aromatic N) is 2. The highest BCUT2D eigenvalue weighted by molar-refractivity contribution is 14.1. The van der Waals surface area contributed by atoms with Crippen molar-refractivity contribution < 1.29 is 19.2 Å². The molecule has 0 heterocycles. The van der Waals surface area contributed by atoms with E-state index in [1.54, 1.807) is 12.1 Å². The summed E-state index contributed by atoms with van der Waals surface area (Å²) in [7, 11) is 0. The number of rotatable bonds is 9. The second kappa shape index (κ2) is 12.2. The molecule has 3 aromatic carbocycles. The Morgan fingerprint density at radius 2 is 1.86 bits per heavy atom. The summed E-state index contributed by atoms with van der Waals surface area (Å²) in [6.45, 7) is 5.89. The molecule has 0 fully saturated rings. The summed E-state index contributed by atoms with van der Waals surface area (Å²) >= 11 is 2.09. The first-order chi connectivity index (χ1) is 17.2. The fraction of sp³-hybridized carbons (Fsp3) is 0.185. The third-order valence-electron chi connectivity index (χ3n) is 5.17. The van der Waals surface area contributed by atoms with Crippen LogP contribution in [0.2, 0.25) is 0 Å². The van der Waals surface area contributed by atoms with Crippen LogP contribution in [0.3, 0.4) is 0 Å². The maximum absolute atomic E-state index is 12.5. The molecule has 184 valence electrons. The number of carbonyl (C=O) groups excluding carboxylic acids is 1. The summed E-state index contributed by atoms with van der Waals surface area (Å²) in [5.74, 6) is 0.576. The zero-order chi connectivity index (χ0) is 26.2. The molecule has 8 nitrogen and oxygen atoms in total. The number of nitro groups is 1. The summed E-state index contributed by atoms with van der Waals surface area (Å²) < 4.78 is 12.3. The van der Waals surface area contributed by atoms with E-state index in [0.29, 0.717) is 38.4 Å². The van der Waals surface area contributed by atoms with Gasteiger partial charge >= 0.3 is 0 Å². The Hall–Kier alpha value is -3.91. The average Bonchev–Trinajstić information content (AvgIpc) is 2.84. The molecule has 0 aliphatic rings. The SMILES string of the molecule is CCOc1cc(/C=C(\C#N)c2ccc([N+](=O)[O-])cc2)cc(I)c1OCC(=O)Nc1cc(C)ccc1C. The highest BCUT2D eigenvalue weighted by atomic mass is 127. The molecule has 0 saturated heterocycles. The summed E-state index contributed by atoms with van der Waals surface area (Å²) in [5.41, 5.74) is 4.26. The summed E-state index contributed by atoms with van der Waals surface area (Å²) in [4.78, 5) is 22.9. The Labute approximate surface area is 222 Å². The lowest BCUT2D eigenvalue weighted by Gasteiger charge is -2.15. The van der Waals surface area contributed by atoms with Crippen LogP contribution in [-0.2, 0) is 4.79 Å². The molecule has 3 aromatic rings. The van der Waals surface area contributed by atoms with Gasteiger partial charge in [0.15, 0.2) is 18.1 Å². The molecule has 3 rings (SSSR count). The van der Waals surface area contributed by atoms with E-state index < -0.39 is 4.92 Å². The molecule has 1 N–H and O–H groups in total. The maximum atomic E-state index is 12.5. The van der Waals surface area contributed by atoms with Crippen LogP contribution < -0.4 is 14.8 Å². The Morgan fingerprint density at radius 1 is 1.14 bits per heavy atom. The van der Waals surface area contributed by atoms with Crippen molar-refractivity contribution in [3.05, 3.63) is 90.5 Å². The number of nitrogens with one attached hydrogen (secondary N) is 1. The van der Waals surface area contributed by atoms with Gasteiger partial charge in [0.2, 0.25) is 0 Å². The number of allylic oxidation sites excluding steroid dienone is 1. The monoisotopic (exact) mass is 597 g/mol. The van der Waals surface area contributed by atoms with Crippen LogP contribution in [0.15, 0.2) is 54.6 Å². The summed E-state index contributed by atoms with van der Waals surface area (Å²) in [6.07, 6.45) is 1.67. The fourth-order valence-electron chi connectivity index (χ4n) is 3.38. The molecular weight excluding hydrogens is 573 g/mol. The van der Waals surface area contributed by atoms with Crippen LogP contribution in [-0.4, -0.2) is 24.0 Å². The quantitative estimate of drug-likeness (QED) is 0.102. The van der Waals surface area contributed by atoms with E-state index in [-0.39, 0.29) is 18.2 Å². The van der Waals surface area contributed by atoms with Crippen molar-refractivity contribution in [2.75, 3.05) is 18.5 Å². The van der Waals surface area contributed by atoms with Crippen molar-refractivity contribution in [2.45, 2.75) is 20.8 Å². The van der Waals surface area contributed by atoms with E-state index in [0.717, 1.165) is 16.8 Å². The number of ether oxygens (including phenoxy) is 2. The number of non-ortho nitro benzene ring substituents is 1. The Kier molecular flexibility index (Phi) is 9.02. The Balaban J connectivity index is 1.82. The largest absolute Gasteiger partial charge is 0.490 e. The fourth-order valence-corrected chi connectivity index (χ4v) is 4.16. The van der Waals surface area contributed by atoms with Crippen molar-refractivity contribution >= 4 is 51.5 Å². The number of nitriles is 1. The van der Waals surface area contributed by atoms with Crippen LogP contribution in [0.25, 0.3) is 11.6 Å². The third-order valence-corrected chi connectivity index (χ3v) is 5.97. The summed E-state index contributed by atoms with van der Waals surface area (Å²) in [5, 5.41) is 23.4. The van der Waals surface area contributed by atoms with Crippen molar-refractivity contribution in [1.29, 1.82) is 5.26 Å². The van der Waals surface area contributed by atoms with E-state index in [9.17, 15) is 20.2 Å². The first kappa shape index (κ1) is 26.7. The number of benzene rings is 3. The number of nitro benzene ring substituents is 1. The van der Waals surface area contributed by atoms with Crippen molar-refractivity contribution in [2.24, 2.45) is 0 Å². The van der Waals surface area contributed by atoms with Crippen molar-refractivity contribution in [3.8, 4) is 17.6 Å². The molecule has 0 spiro atoms. The number of anilines is 1. The first-order valence-electron chi connectivity index (χ1n) is 11.0. The van der Waals surface area contributed by atoms with E-state index in [1.807, 2.05) is 45.0 Å². The van der Waals surface area contributed by atoms with Crippen LogP contribution in [0.1, 0.15) is 29.2 Å². The van der Waals surface area contributed by atoms with Gasteiger partial charge in [-0.1, -0.05) is 12.1 Å². The maximum Gasteiger partial charge on any atom is 0.269 e. The Morgan fingerprint density at radius 3 is 2.50 bits per heavy atom. The predicted molar refractivity (Wildman–Crippen MR) is 147 cm³/mol. The lowest BCUT2D eigenvalue weighted by molar-refractivity contribution is -0.384. The highest BCUT2D eigenvalue weighted by Crippen LogP contribution is 2.35. The molecule has 0 aliphatic carbocycles. The van der Waals surface area contributed by atoms with Gasteiger partial charge < -0.3 is 14.8 Å². The molecular formula is C27H24IN3O5. The van der Waals surface area contributed by atoms with E-state index in [2.05, 4.69) is 34.0 Å². The number of aryl methyl sites for hydroxylation is 2. The van der Waals surface area contributed by atoms with Crippen LogP contribution in [0.4, 0.5) is 11.4 Å². The minimum Gasteiger partial charge on any atom is -0.490 e. The zero-order valence-corrected chi connectivity index (χ0v) is 22.2. The molecule has 0 bridgehead atoms. The number of halogens is 1. The molecule has 0 aromatic heterocycles. The van der Waals surface area contributed by atoms with Gasteiger partial charge in [0, 0.05) is 17.8 Å². The lowest BCUT2D eigenvalue weighted by Crippen LogP contribution is -2.21. The number of hydrogen-bond acceptors (Lipinski definition) is 6. The van der Waals surface area contributed by atoms with Gasteiger partial charge in [0.1, 0.15) is 0 Å². The van der Waals surface area contributed by atoms with Gasteiger partial charge in [-0.2, -0.15) is 5.26 Å². The number of carbonyl (C=O) groups is 1. The van der Waals surface area contributed by atoms with Gasteiger partial charge in [-0.25, -0.2) is 0 Å². The minimum atomic E-state index is -0.489. The average molecular weight is 597 g/mol. The number of amides is 1. The van der Waals surface area contributed by atoms with Crippen LogP contribution in [0.5, 0.6) is 11.5 Å². The van der Waals surface area contributed by atoms with E-state index in [1.165, 1.54) is 24.3 Å². The van der Waals surface area contributed by atoms with Crippen molar-refractivity contribution in [1.82, 2.24) is 0 Å². The smallest absolute Gasteiger partial charge is 0.269 e. The molecule has 0 radical (unpaired) electrons. The lowest BCUT2D eigenvalue weighted by atomic mass is 10.0. The number of hydrogen-bond donors (Lipinski definition) is 1. The topological polar surface area (TPSA) is 114 Å². The zero-order valence-electron chi connectivity index (χ0n) is 20.0. The van der Waals surface area contributed by atoms with E-state index >= 15 is 0 Å². The van der Waals surface area contributed by atoms with E-state index in [4.69, 9.17) is 9.47 Å². The van der Waals surface area contributed by atoms with Gasteiger partial charge in [0.25, 0.3) is 11.6 Å². The second-order valence-corrected chi connectivity index (χ2v) is 9.05. The van der Waals surface area contributed by atoms with Gasteiger partial charge in [-0.15, -0.1) is 0 Å². The first-order valence-corrected chi connectivity index (χ1v) is 12.1. The molecule has 0 aliphatic heterocycles. The highest BCUT2D eigenvalue weighted by Gasteiger charge is 2.15. The molecule has 0 unspecified atom stereocenters. The van der Waals surface area contributed by atoms with Gasteiger partial charge in [-0.05, 0) is 102 Å². The predicted octanol–water partition coefficient (Wildman–Crippen LogP) is 6.30. The second-order valence-electron chi connectivity index (χ2n) is 7.89. The van der Waals surface area contributed by atoms with Crippen molar-refractivity contribution in [3.63, 3.8) is 0 Å². The molecule has 1 amide bonds. The minimum absolute atomic E-state index is 0.0488. The van der Waals surface area contributed by atoms with Gasteiger partial charge in [-0.3, -0.25) is 14.9 Å². The Bertz CT molecular complexity index is 1360. The normalized spacial score (nSPS) is 10.9. The molecule has 0 atom stereocenters. The molecule has 0 saturated carbocycles. The molecule has 9 heteroatoms. The third kappa shape index (κ3) is 6.82. The standard InChI is InChI=1S/C27H24IN3O5/c1-4-35-25-14-19(12-21(15-29)20-7-9-22(10-8-20)31(33)34)13-23(28)27(25)36-16-26(32)30-24-11-17(2)5-6-18(24)3/h5-14H,4,16H2,1-3H3,(H,30,32)/b21-12+.